The highest BCUT2D eigenvalue weighted by Crippen LogP contribution is 2.38. The lowest BCUT2D eigenvalue weighted by Gasteiger charge is -2.27. The monoisotopic (exact) mass is 404 g/mol. The second-order valence-electron chi connectivity index (χ2n) is 7.99. The van der Waals surface area contributed by atoms with Gasteiger partial charge in [0.2, 0.25) is 5.91 Å². The highest BCUT2D eigenvalue weighted by atomic mass is 16.5. The third-order valence-electron chi connectivity index (χ3n) is 5.15. The van der Waals surface area contributed by atoms with Gasteiger partial charge >= 0.3 is 0 Å². The fraction of sp³-hybridized carbons (Fsp3) is 0.261. The smallest absolute Gasteiger partial charge is 0.274 e. The number of ether oxygens (including phenoxy) is 1. The molecule has 1 aliphatic heterocycles. The number of pyridine rings is 1. The minimum Gasteiger partial charge on any atom is -0.490 e. The number of carbonyl (C=O) groups is 2. The Bertz CT molecular complexity index is 1160. The molecule has 4 rings (SSSR count). The predicted molar refractivity (Wildman–Crippen MR) is 116 cm³/mol. The van der Waals surface area contributed by atoms with Crippen LogP contribution in [0, 0.1) is 12.3 Å². The molecular formula is C23H24N4O3. The SMILES string of the molecule is C=CCN1C(=O)C(C)(C)COc2ccc(NC(=O)c3c(C)nc4ccccn34)cc21. The molecule has 1 aliphatic rings. The van der Waals surface area contributed by atoms with Crippen molar-refractivity contribution in [3.63, 3.8) is 0 Å². The first kappa shape index (κ1) is 19.7. The lowest BCUT2D eigenvalue weighted by molar-refractivity contribution is -0.127. The zero-order valence-corrected chi connectivity index (χ0v) is 17.3. The van der Waals surface area contributed by atoms with E-state index in [-0.39, 0.29) is 18.4 Å². The summed E-state index contributed by atoms with van der Waals surface area (Å²) in [6.07, 6.45) is 3.48. The highest BCUT2D eigenvalue weighted by molar-refractivity contribution is 6.05. The lowest BCUT2D eigenvalue weighted by atomic mass is 9.93. The maximum Gasteiger partial charge on any atom is 0.274 e. The molecule has 0 atom stereocenters. The molecule has 0 fully saturated rings. The molecule has 7 heteroatoms. The average Bonchev–Trinajstić information content (AvgIpc) is 3.02. The number of aromatic nitrogens is 2. The summed E-state index contributed by atoms with van der Waals surface area (Å²) in [6, 6.07) is 10.9. The van der Waals surface area contributed by atoms with E-state index in [1.54, 1.807) is 40.5 Å². The fourth-order valence-corrected chi connectivity index (χ4v) is 3.61. The molecule has 2 amide bonds. The van der Waals surface area contributed by atoms with Gasteiger partial charge in [-0.15, -0.1) is 6.58 Å². The summed E-state index contributed by atoms with van der Waals surface area (Å²) in [5.74, 6) is 0.268. The van der Waals surface area contributed by atoms with Gasteiger partial charge in [-0.05, 0) is 51.1 Å². The van der Waals surface area contributed by atoms with Gasteiger partial charge in [-0.1, -0.05) is 12.1 Å². The van der Waals surface area contributed by atoms with Crippen LogP contribution in [0.1, 0.15) is 30.0 Å². The quantitative estimate of drug-likeness (QED) is 0.671. The Balaban J connectivity index is 1.69. The molecule has 3 heterocycles. The molecule has 0 spiro atoms. The third kappa shape index (κ3) is 3.32. The van der Waals surface area contributed by atoms with Gasteiger partial charge in [0.25, 0.3) is 5.91 Å². The molecule has 1 aromatic carbocycles. The number of imidazole rings is 1. The Morgan fingerprint density at radius 2 is 2.13 bits per heavy atom. The number of aryl methyl sites for hydroxylation is 1. The van der Waals surface area contributed by atoms with E-state index >= 15 is 0 Å². The van der Waals surface area contributed by atoms with Gasteiger partial charge in [-0.3, -0.25) is 14.0 Å². The second-order valence-corrected chi connectivity index (χ2v) is 7.99. The molecule has 0 radical (unpaired) electrons. The van der Waals surface area contributed by atoms with Crippen LogP contribution >= 0.6 is 0 Å². The molecule has 7 nitrogen and oxygen atoms in total. The molecule has 154 valence electrons. The largest absolute Gasteiger partial charge is 0.490 e. The van der Waals surface area contributed by atoms with Crippen molar-refractivity contribution in [2.75, 3.05) is 23.4 Å². The number of carbonyl (C=O) groups excluding carboxylic acids is 2. The topological polar surface area (TPSA) is 75.9 Å². The number of anilines is 2. The number of fused-ring (bicyclic) bond motifs is 2. The summed E-state index contributed by atoms with van der Waals surface area (Å²) >= 11 is 0. The van der Waals surface area contributed by atoms with Crippen LogP contribution < -0.4 is 15.0 Å². The minimum absolute atomic E-state index is 0.0535. The van der Waals surface area contributed by atoms with Crippen molar-refractivity contribution in [2.24, 2.45) is 5.41 Å². The number of hydrogen-bond acceptors (Lipinski definition) is 4. The van der Waals surface area contributed by atoms with E-state index in [4.69, 9.17) is 4.74 Å². The minimum atomic E-state index is -0.668. The van der Waals surface area contributed by atoms with Crippen LogP contribution in [0.25, 0.3) is 5.65 Å². The van der Waals surface area contributed by atoms with Gasteiger partial charge in [-0.25, -0.2) is 4.98 Å². The molecule has 0 saturated carbocycles. The van der Waals surface area contributed by atoms with Gasteiger partial charge < -0.3 is 15.0 Å². The van der Waals surface area contributed by atoms with Crippen molar-refractivity contribution < 1.29 is 14.3 Å². The molecule has 0 unspecified atom stereocenters. The first-order valence-corrected chi connectivity index (χ1v) is 9.76. The third-order valence-corrected chi connectivity index (χ3v) is 5.15. The van der Waals surface area contributed by atoms with Crippen molar-refractivity contribution in [2.45, 2.75) is 20.8 Å². The van der Waals surface area contributed by atoms with E-state index in [1.807, 2.05) is 38.2 Å². The average molecular weight is 404 g/mol. The first-order valence-electron chi connectivity index (χ1n) is 9.76. The number of amides is 2. The second kappa shape index (κ2) is 7.33. The van der Waals surface area contributed by atoms with Crippen molar-refractivity contribution in [3.05, 3.63) is 66.6 Å². The summed E-state index contributed by atoms with van der Waals surface area (Å²) in [4.78, 5) is 32.1. The summed E-state index contributed by atoms with van der Waals surface area (Å²) < 4.78 is 7.65. The Labute approximate surface area is 175 Å². The zero-order valence-electron chi connectivity index (χ0n) is 17.3. The van der Waals surface area contributed by atoms with Crippen molar-refractivity contribution in [1.82, 2.24) is 9.38 Å². The molecule has 2 aromatic heterocycles. The maximum atomic E-state index is 13.0. The van der Waals surface area contributed by atoms with Gasteiger partial charge in [0.05, 0.1) is 16.8 Å². The lowest BCUT2D eigenvalue weighted by Crippen LogP contribution is -2.42. The normalized spacial score (nSPS) is 15.3. The van der Waals surface area contributed by atoms with E-state index in [0.717, 1.165) is 0 Å². The van der Waals surface area contributed by atoms with E-state index in [0.29, 0.717) is 40.7 Å². The van der Waals surface area contributed by atoms with Gasteiger partial charge in [0.15, 0.2) is 0 Å². The van der Waals surface area contributed by atoms with Crippen LogP contribution in [0.2, 0.25) is 0 Å². The molecule has 0 bridgehead atoms. The molecule has 30 heavy (non-hydrogen) atoms. The van der Waals surface area contributed by atoms with Crippen molar-refractivity contribution in [1.29, 1.82) is 0 Å². The van der Waals surface area contributed by atoms with E-state index < -0.39 is 5.41 Å². The molecule has 0 saturated heterocycles. The number of nitrogens with zero attached hydrogens (tertiary/aromatic N) is 3. The summed E-state index contributed by atoms with van der Waals surface area (Å²) in [6.45, 7) is 9.91. The Hall–Kier alpha value is -3.61. The Morgan fingerprint density at radius 1 is 1.33 bits per heavy atom. The van der Waals surface area contributed by atoms with E-state index in [2.05, 4.69) is 16.9 Å². The molecule has 0 aliphatic carbocycles. The van der Waals surface area contributed by atoms with Crippen LogP contribution in [0.15, 0.2) is 55.3 Å². The Morgan fingerprint density at radius 3 is 2.90 bits per heavy atom. The van der Waals surface area contributed by atoms with Gasteiger partial charge in [0.1, 0.15) is 23.7 Å². The van der Waals surface area contributed by atoms with Crippen LogP contribution in [0.3, 0.4) is 0 Å². The van der Waals surface area contributed by atoms with Crippen molar-refractivity contribution in [3.8, 4) is 5.75 Å². The highest BCUT2D eigenvalue weighted by Gasteiger charge is 2.37. The fourth-order valence-electron chi connectivity index (χ4n) is 3.61. The van der Waals surface area contributed by atoms with Crippen molar-refractivity contribution >= 4 is 28.8 Å². The van der Waals surface area contributed by atoms with Crippen LogP contribution in [-0.2, 0) is 4.79 Å². The predicted octanol–water partition coefficient (Wildman–Crippen LogP) is 3.83. The number of benzene rings is 1. The summed E-state index contributed by atoms with van der Waals surface area (Å²) in [5, 5.41) is 2.93. The van der Waals surface area contributed by atoms with Gasteiger partial charge in [0, 0.05) is 18.4 Å². The number of rotatable bonds is 4. The summed E-state index contributed by atoms with van der Waals surface area (Å²) in [7, 11) is 0. The number of nitrogens with one attached hydrogen (secondary N) is 1. The first-order chi connectivity index (χ1) is 14.3. The molecular weight excluding hydrogens is 380 g/mol. The van der Waals surface area contributed by atoms with E-state index in [9.17, 15) is 9.59 Å². The standard InChI is InChI=1S/C23H24N4O3/c1-5-11-26-17-13-16(9-10-18(17)30-14-23(3,4)22(26)29)25-21(28)20-15(2)24-19-8-6-7-12-27(19)20/h5-10,12-13H,1,11,14H2,2-4H3,(H,25,28). The zero-order chi connectivity index (χ0) is 21.5. The maximum absolute atomic E-state index is 13.0. The molecule has 1 N–H and O–H groups in total. The van der Waals surface area contributed by atoms with Gasteiger partial charge in [-0.2, -0.15) is 0 Å². The number of hydrogen-bond donors (Lipinski definition) is 1. The van der Waals surface area contributed by atoms with E-state index in [1.165, 1.54) is 0 Å². The van der Waals surface area contributed by atoms with Crippen LogP contribution in [0.5, 0.6) is 5.75 Å². The molecule has 3 aromatic rings. The van der Waals surface area contributed by atoms with Crippen LogP contribution in [0.4, 0.5) is 11.4 Å². The summed E-state index contributed by atoms with van der Waals surface area (Å²) in [5.41, 5.74) is 2.32. The Kier molecular flexibility index (Phi) is 4.81. The van der Waals surface area contributed by atoms with Crippen LogP contribution in [-0.4, -0.2) is 34.4 Å².